The molecule has 0 bridgehead atoms. The predicted octanol–water partition coefficient (Wildman–Crippen LogP) is 2.48. The van der Waals surface area contributed by atoms with Crippen molar-refractivity contribution in [1.82, 2.24) is 20.0 Å². The number of nitrogens with zero attached hydrogens (tertiary/aromatic N) is 3. The third-order valence-corrected chi connectivity index (χ3v) is 5.95. The van der Waals surface area contributed by atoms with Crippen LogP contribution in [0.5, 0.6) is 0 Å². The summed E-state index contributed by atoms with van der Waals surface area (Å²) in [6.07, 6.45) is 8.08. The summed E-state index contributed by atoms with van der Waals surface area (Å²) in [6, 6.07) is 11.1. The summed E-state index contributed by atoms with van der Waals surface area (Å²) in [5, 5.41) is 3.32. The molecule has 0 aliphatic carbocycles. The Morgan fingerprint density at radius 2 is 1.81 bits per heavy atom. The normalized spacial score (nSPS) is 25.1. The molecule has 2 saturated heterocycles. The van der Waals surface area contributed by atoms with Gasteiger partial charge in [-0.05, 0) is 37.9 Å². The molecule has 2 fully saturated rings. The molecule has 0 aromatic heterocycles. The second-order valence-corrected chi connectivity index (χ2v) is 7.73. The fourth-order valence-corrected chi connectivity index (χ4v) is 4.40. The van der Waals surface area contributed by atoms with Crippen LogP contribution in [0.25, 0.3) is 0 Å². The van der Waals surface area contributed by atoms with Crippen LogP contribution in [0, 0.1) is 0 Å². The van der Waals surface area contributed by atoms with Gasteiger partial charge in [-0.15, -0.1) is 0 Å². The number of amides is 2. The summed E-state index contributed by atoms with van der Waals surface area (Å²) < 4.78 is 0. The first-order valence-electron chi connectivity index (χ1n) is 10.0. The van der Waals surface area contributed by atoms with Crippen LogP contribution >= 0.6 is 0 Å². The van der Waals surface area contributed by atoms with Gasteiger partial charge in [0.05, 0.1) is 6.04 Å². The van der Waals surface area contributed by atoms with Crippen LogP contribution in [-0.4, -0.2) is 72.6 Å². The lowest BCUT2D eigenvalue weighted by atomic mass is 10.1. The van der Waals surface area contributed by atoms with Gasteiger partial charge in [0, 0.05) is 38.8 Å². The van der Waals surface area contributed by atoms with Crippen LogP contribution in [0.1, 0.15) is 30.9 Å². The van der Waals surface area contributed by atoms with E-state index in [1.54, 1.807) is 0 Å². The van der Waals surface area contributed by atoms with E-state index in [1.165, 1.54) is 18.4 Å². The van der Waals surface area contributed by atoms with E-state index in [9.17, 15) is 4.79 Å². The summed E-state index contributed by atoms with van der Waals surface area (Å²) in [7, 11) is 0. The maximum absolute atomic E-state index is 12.9. The van der Waals surface area contributed by atoms with Crippen LogP contribution < -0.4 is 5.32 Å². The van der Waals surface area contributed by atoms with Crippen molar-refractivity contribution in [2.75, 3.05) is 45.8 Å². The third kappa shape index (κ3) is 4.10. The zero-order valence-electron chi connectivity index (χ0n) is 15.5. The molecule has 0 spiro atoms. The second-order valence-electron chi connectivity index (χ2n) is 7.73. The molecule has 3 aliphatic rings. The SMILES string of the molecule is O=C(NC(CN1CCCC1)c1ccccc1)N1CCC(N2CC=CC2)C1. The van der Waals surface area contributed by atoms with Crippen molar-refractivity contribution in [2.24, 2.45) is 0 Å². The smallest absolute Gasteiger partial charge is 0.317 e. The van der Waals surface area contributed by atoms with Crippen LogP contribution in [0.15, 0.2) is 42.5 Å². The average molecular weight is 354 g/mol. The standard InChI is InChI=1S/C21H30N4O/c26-21(25-15-10-19(16-25)24-13-6-7-14-24)22-20(17-23-11-4-5-12-23)18-8-2-1-3-9-18/h1-3,6-9,19-20H,4-5,10-17H2,(H,22,26). The number of hydrogen-bond donors (Lipinski definition) is 1. The van der Waals surface area contributed by atoms with Crippen molar-refractivity contribution in [2.45, 2.75) is 31.3 Å². The third-order valence-electron chi connectivity index (χ3n) is 5.95. The molecule has 2 amide bonds. The summed E-state index contributed by atoms with van der Waals surface area (Å²) in [6.45, 7) is 6.96. The first-order valence-corrected chi connectivity index (χ1v) is 10.0. The van der Waals surface area contributed by atoms with E-state index >= 15 is 0 Å². The Bertz CT molecular complexity index is 618. The largest absolute Gasteiger partial charge is 0.330 e. The minimum atomic E-state index is 0.0642. The van der Waals surface area contributed by atoms with Gasteiger partial charge in [0.15, 0.2) is 0 Å². The van der Waals surface area contributed by atoms with Gasteiger partial charge < -0.3 is 15.1 Å². The summed E-state index contributed by atoms with van der Waals surface area (Å²) in [5.41, 5.74) is 1.20. The van der Waals surface area contributed by atoms with Crippen molar-refractivity contribution < 1.29 is 4.79 Å². The van der Waals surface area contributed by atoms with Gasteiger partial charge in [-0.1, -0.05) is 42.5 Å². The molecule has 3 aliphatic heterocycles. The van der Waals surface area contributed by atoms with E-state index in [2.05, 4.69) is 51.5 Å². The highest BCUT2D eigenvalue weighted by molar-refractivity contribution is 5.75. The van der Waals surface area contributed by atoms with Crippen LogP contribution in [0.4, 0.5) is 4.79 Å². The first kappa shape index (κ1) is 17.6. The fourth-order valence-electron chi connectivity index (χ4n) is 4.40. The zero-order chi connectivity index (χ0) is 17.8. The van der Waals surface area contributed by atoms with E-state index in [-0.39, 0.29) is 12.1 Å². The lowest BCUT2D eigenvalue weighted by molar-refractivity contribution is 0.191. The molecule has 1 aromatic rings. The van der Waals surface area contributed by atoms with Crippen LogP contribution in [-0.2, 0) is 0 Å². The quantitative estimate of drug-likeness (QED) is 0.826. The maximum Gasteiger partial charge on any atom is 0.317 e. The number of carbonyl (C=O) groups excluding carboxylic acids is 1. The maximum atomic E-state index is 12.9. The van der Waals surface area contributed by atoms with Crippen LogP contribution in [0.3, 0.4) is 0 Å². The molecule has 1 aromatic carbocycles. The summed E-state index contributed by atoms with van der Waals surface area (Å²) >= 11 is 0. The van der Waals surface area contributed by atoms with Gasteiger partial charge in [-0.25, -0.2) is 4.79 Å². The molecule has 2 unspecified atom stereocenters. The van der Waals surface area contributed by atoms with E-state index in [4.69, 9.17) is 0 Å². The predicted molar refractivity (Wildman–Crippen MR) is 104 cm³/mol. The van der Waals surface area contributed by atoms with Gasteiger partial charge in [-0.2, -0.15) is 0 Å². The number of nitrogens with one attached hydrogen (secondary N) is 1. The van der Waals surface area contributed by atoms with Crippen molar-refractivity contribution in [3.8, 4) is 0 Å². The van der Waals surface area contributed by atoms with Crippen LogP contribution in [0.2, 0.25) is 0 Å². The number of carbonyl (C=O) groups is 1. The molecular formula is C21H30N4O. The highest BCUT2D eigenvalue weighted by Crippen LogP contribution is 2.21. The average Bonchev–Trinajstić information content (AvgIpc) is 3.42. The Morgan fingerprint density at radius 3 is 2.54 bits per heavy atom. The van der Waals surface area contributed by atoms with E-state index < -0.39 is 0 Å². The van der Waals surface area contributed by atoms with E-state index in [0.29, 0.717) is 6.04 Å². The zero-order valence-corrected chi connectivity index (χ0v) is 15.5. The highest BCUT2D eigenvalue weighted by atomic mass is 16.2. The fraction of sp³-hybridized carbons (Fsp3) is 0.571. The molecule has 26 heavy (non-hydrogen) atoms. The molecule has 1 N–H and O–H groups in total. The summed E-state index contributed by atoms with van der Waals surface area (Å²) in [4.78, 5) is 19.9. The van der Waals surface area contributed by atoms with E-state index in [0.717, 1.165) is 52.2 Å². The molecule has 0 radical (unpaired) electrons. The Kier molecular flexibility index (Phi) is 5.56. The van der Waals surface area contributed by atoms with Gasteiger partial charge >= 0.3 is 6.03 Å². The topological polar surface area (TPSA) is 38.8 Å². The number of hydrogen-bond acceptors (Lipinski definition) is 3. The Morgan fingerprint density at radius 1 is 1.08 bits per heavy atom. The minimum Gasteiger partial charge on any atom is -0.330 e. The first-order chi connectivity index (χ1) is 12.8. The lowest BCUT2D eigenvalue weighted by Gasteiger charge is -2.28. The van der Waals surface area contributed by atoms with Gasteiger partial charge in [0.1, 0.15) is 0 Å². The lowest BCUT2D eigenvalue weighted by Crippen LogP contribution is -2.45. The molecule has 2 atom stereocenters. The Balaban J connectivity index is 1.37. The van der Waals surface area contributed by atoms with Gasteiger partial charge in [-0.3, -0.25) is 4.90 Å². The molecule has 4 rings (SSSR count). The van der Waals surface area contributed by atoms with Gasteiger partial charge in [0.25, 0.3) is 0 Å². The Hall–Kier alpha value is -1.85. The van der Waals surface area contributed by atoms with Crippen molar-refractivity contribution in [1.29, 1.82) is 0 Å². The minimum absolute atomic E-state index is 0.0642. The van der Waals surface area contributed by atoms with Crippen molar-refractivity contribution >= 4 is 6.03 Å². The number of benzene rings is 1. The summed E-state index contributed by atoms with van der Waals surface area (Å²) in [5.74, 6) is 0. The number of rotatable bonds is 5. The highest BCUT2D eigenvalue weighted by Gasteiger charge is 2.31. The molecular weight excluding hydrogens is 324 g/mol. The molecule has 5 nitrogen and oxygen atoms in total. The van der Waals surface area contributed by atoms with Crippen molar-refractivity contribution in [3.63, 3.8) is 0 Å². The monoisotopic (exact) mass is 354 g/mol. The molecule has 5 heteroatoms. The second kappa shape index (κ2) is 8.23. The van der Waals surface area contributed by atoms with Gasteiger partial charge in [0.2, 0.25) is 0 Å². The van der Waals surface area contributed by atoms with Crippen molar-refractivity contribution in [3.05, 3.63) is 48.0 Å². The molecule has 3 heterocycles. The molecule has 140 valence electrons. The molecule has 0 saturated carbocycles. The number of likely N-dealkylation sites (tertiary alicyclic amines) is 2. The number of urea groups is 1. The van der Waals surface area contributed by atoms with E-state index in [1.807, 2.05) is 11.0 Å². The Labute approximate surface area is 156 Å².